The molecule has 2 aliphatic rings. The van der Waals surface area contributed by atoms with Gasteiger partial charge < -0.3 is 15.5 Å². The molecule has 1 unspecified atom stereocenters. The summed E-state index contributed by atoms with van der Waals surface area (Å²) in [6.45, 7) is 8.21. The fourth-order valence-electron chi connectivity index (χ4n) is 3.97. The summed E-state index contributed by atoms with van der Waals surface area (Å²) in [7, 11) is 0. The van der Waals surface area contributed by atoms with Gasteiger partial charge in [0, 0.05) is 25.7 Å². The largest absolute Gasteiger partial charge is 0.366 e. The lowest BCUT2D eigenvalue weighted by Gasteiger charge is -2.27. The Bertz CT molecular complexity index is 924. The molecule has 0 bridgehead atoms. The van der Waals surface area contributed by atoms with Crippen molar-refractivity contribution in [2.75, 3.05) is 36.4 Å². The summed E-state index contributed by atoms with van der Waals surface area (Å²) >= 11 is 0. The molecule has 2 aliphatic heterocycles. The van der Waals surface area contributed by atoms with E-state index in [9.17, 15) is 0 Å². The van der Waals surface area contributed by atoms with E-state index in [1.54, 1.807) is 0 Å². The monoisotopic (exact) mass is 393 g/mol. The molecule has 0 saturated carbocycles. The number of pyridine rings is 1. The number of nitrogens with zero attached hydrogens (tertiary/aromatic N) is 5. The molecule has 0 amide bonds. The van der Waals surface area contributed by atoms with E-state index < -0.39 is 0 Å². The summed E-state index contributed by atoms with van der Waals surface area (Å²) in [5, 5.41) is 11.8. The molecule has 5 heterocycles. The van der Waals surface area contributed by atoms with Gasteiger partial charge in [-0.1, -0.05) is 19.9 Å². The van der Waals surface area contributed by atoms with E-state index in [0.717, 1.165) is 61.3 Å². The molecule has 7 heteroatoms. The Morgan fingerprint density at radius 2 is 1.93 bits per heavy atom. The summed E-state index contributed by atoms with van der Waals surface area (Å²) < 4.78 is 1.92. The minimum Gasteiger partial charge on any atom is -0.366 e. The summed E-state index contributed by atoms with van der Waals surface area (Å²) in [4.78, 5) is 11.7. The van der Waals surface area contributed by atoms with Crippen LogP contribution in [-0.2, 0) is 0 Å². The van der Waals surface area contributed by atoms with Gasteiger partial charge in [0.15, 0.2) is 5.65 Å². The van der Waals surface area contributed by atoms with Crippen molar-refractivity contribution in [3.05, 3.63) is 36.5 Å². The Labute approximate surface area is 172 Å². The topological polar surface area (TPSA) is 70.4 Å². The highest BCUT2D eigenvalue weighted by Gasteiger charge is 2.17. The maximum absolute atomic E-state index is 4.88. The van der Waals surface area contributed by atoms with Crippen molar-refractivity contribution in [1.82, 2.24) is 24.9 Å². The molecule has 5 rings (SSSR count). The second kappa shape index (κ2) is 9.22. The number of hydrogen-bond acceptors (Lipinski definition) is 6. The molecule has 0 radical (unpaired) electrons. The van der Waals surface area contributed by atoms with E-state index >= 15 is 0 Å². The van der Waals surface area contributed by atoms with Crippen LogP contribution >= 0.6 is 0 Å². The van der Waals surface area contributed by atoms with Gasteiger partial charge in [0.1, 0.15) is 17.3 Å². The number of fused-ring (bicyclic) bond motifs is 1. The smallest absolute Gasteiger partial charge is 0.154 e. The number of imidazole rings is 1. The molecule has 1 atom stereocenters. The zero-order valence-electron chi connectivity index (χ0n) is 17.4. The van der Waals surface area contributed by atoms with Gasteiger partial charge in [-0.25, -0.2) is 14.5 Å². The van der Waals surface area contributed by atoms with E-state index in [2.05, 4.69) is 26.6 Å². The van der Waals surface area contributed by atoms with Gasteiger partial charge in [-0.05, 0) is 56.5 Å². The Balaban J connectivity index is 0.000000994. The van der Waals surface area contributed by atoms with Gasteiger partial charge in [-0.2, -0.15) is 0 Å². The van der Waals surface area contributed by atoms with E-state index in [1.807, 2.05) is 48.8 Å². The SMILES string of the molecule is CC.c1cc(NC2CCNC2)nc(-c2cnc3ccc(N4CCCCC4)nn23)c1. The summed E-state index contributed by atoms with van der Waals surface area (Å²) in [5.41, 5.74) is 2.67. The van der Waals surface area contributed by atoms with Crippen LogP contribution in [0.2, 0.25) is 0 Å². The van der Waals surface area contributed by atoms with Gasteiger partial charge in [-0.3, -0.25) is 0 Å². The van der Waals surface area contributed by atoms with Crippen molar-refractivity contribution >= 4 is 17.3 Å². The minimum atomic E-state index is 0.443. The first kappa shape index (κ1) is 19.6. The summed E-state index contributed by atoms with van der Waals surface area (Å²) in [5.74, 6) is 1.93. The van der Waals surface area contributed by atoms with Crippen molar-refractivity contribution in [1.29, 1.82) is 0 Å². The third kappa shape index (κ3) is 4.34. The molecule has 0 spiro atoms. The normalized spacial score (nSPS) is 19.1. The Morgan fingerprint density at radius 3 is 2.72 bits per heavy atom. The molecule has 7 nitrogen and oxygen atoms in total. The molecule has 3 aromatic rings. The molecule has 29 heavy (non-hydrogen) atoms. The lowest BCUT2D eigenvalue weighted by atomic mass is 10.1. The van der Waals surface area contributed by atoms with E-state index in [1.165, 1.54) is 19.3 Å². The molecule has 3 aromatic heterocycles. The summed E-state index contributed by atoms with van der Waals surface area (Å²) in [6.07, 6.45) is 6.78. The highest BCUT2D eigenvalue weighted by molar-refractivity contribution is 5.62. The highest BCUT2D eigenvalue weighted by Crippen LogP contribution is 2.23. The maximum Gasteiger partial charge on any atom is 0.154 e. The van der Waals surface area contributed by atoms with Crippen molar-refractivity contribution in [2.24, 2.45) is 0 Å². The van der Waals surface area contributed by atoms with Gasteiger partial charge in [-0.15, -0.1) is 5.10 Å². The zero-order valence-corrected chi connectivity index (χ0v) is 17.4. The predicted molar refractivity (Wildman–Crippen MR) is 119 cm³/mol. The van der Waals surface area contributed by atoms with Crippen molar-refractivity contribution in [3.63, 3.8) is 0 Å². The van der Waals surface area contributed by atoms with E-state index in [-0.39, 0.29) is 0 Å². The van der Waals surface area contributed by atoms with E-state index in [0.29, 0.717) is 6.04 Å². The third-order valence-corrected chi connectivity index (χ3v) is 5.45. The second-order valence-electron chi connectivity index (χ2n) is 7.39. The van der Waals surface area contributed by atoms with Gasteiger partial charge >= 0.3 is 0 Å². The summed E-state index contributed by atoms with van der Waals surface area (Å²) in [6, 6.07) is 10.7. The van der Waals surface area contributed by atoms with E-state index in [4.69, 9.17) is 10.1 Å². The highest BCUT2D eigenvalue weighted by atomic mass is 15.3. The Kier molecular flexibility index (Phi) is 6.24. The molecule has 154 valence electrons. The zero-order chi connectivity index (χ0) is 20.1. The van der Waals surface area contributed by atoms with Crippen molar-refractivity contribution < 1.29 is 0 Å². The van der Waals surface area contributed by atoms with Gasteiger partial charge in [0.05, 0.1) is 11.9 Å². The first-order valence-corrected chi connectivity index (χ1v) is 10.9. The molecule has 2 saturated heterocycles. The van der Waals surface area contributed by atoms with Crippen LogP contribution in [0, 0.1) is 0 Å². The Morgan fingerprint density at radius 1 is 1.07 bits per heavy atom. The molecule has 2 N–H and O–H groups in total. The first-order chi connectivity index (χ1) is 14.4. The fraction of sp³-hybridized carbons (Fsp3) is 0.500. The predicted octanol–water partition coefficient (Wildman–Crippen LogP) is 3.58. The molecule has 0 aliphatic carbocycles. The van der Waals surface area contributed by atoms with Crippen LogP contribution in [0.4, 0.5) is 11.6 Å². The number of piperidine rings is 1. The van der Waals surface area contributed by atoms with Gasteiger partial charge in [0.2, 0.25) is 0 Å². The van der Waals surface area contributed by atoms with Crippen LogP contribution in [-0.4, -0.2) is 51.8 Å². The molecular weight excluding hydrogens is 362 g/mol. The molecule has 0 aromatic carbocycles. The Hall–Kier alpha value is -2.67. The quantitative estimate of drug-likeness (QED) is 0.706. The maximum atomic E-state index is 4.88. The number of aromatic nitrogens is 4. The lowest BCUT2D eigenvalue weighted by Crippen LogP contribution is -2.30. The number of nitrogens with one attached hydrogen (secondary N) is 2. The van der Waals surface area contributed by atoms with Crippen LogP contribution < -0.4 is 15.5 Å². The second-order valence-corrected chi connectivity index (χ2v) is 7.39. The van der Waals surface area contributed by atoms with Crippen LogP contribution in [0.25, 0.3) is 17.0 Å². The van der Waals surface area contributed by atoms with Gasteiger partial charge in [0.25, 0.3) is 0 Å². The molecular formula is C22H31N7. The molecule has 2 fully saturated rings. The van der Waals surface area contributed by atoms with Crippen molar-refractivity contribution in [3.8, 4) is 11.4 Å². The lowest BCUT2D eigenvalue weighted by molar-refractivity contribution is 0.570. The average molecular weight is 394 g/mol. The standard InChI is InChI=1S/C20H25N7.C2H6/c1-2-11-26(12-3-1)20-8-7-19-22-14-17(27(19)25-20)16-5-4-6-18(24-16)23-15-9-10-21-13-15;1-2/h4-8,14-15,21H,1-3,9-13H2,(H,23,24);1-2H3. The number of rotatable bonds is 4. The van der Waals surface area contributed by atoms with Crippen LogP contribution in [0.3, 0.4) is 0 Å². The number of anilines is 2. The number of hydrogen-bond donors (Lipinski definition) is 2. The van der Waals surface area contributed by atoms with Crippen LogP contribution in [0.5, 0.6) is 0 Å². The minimum absolute atomic E-state index is 0.443. The average Bonchev–Trinajstić information content (AvgIpc) is 3.45. The van der Waals surface area contributed by atoms with Crippen LogP contribution in [0.1, 0.15) is 39.5 Å². The van der Waals surface area contributed by atoms with Crippen molar-refractivity contribution in [2.45, 2.75) is 45.6 Å². The fourth-order valence-corrected chi connectivity index (χ4v) is 3.97. The van der Waals surface area contributed by atoms with Crippen LogP contribution in [0.15, 0.2) is 36.5 Å². The third-order valence-electron chi connectivity index (χ3n) is 5.45. The first-order valence-electron chi connectivity index (χ1n) is 10.9.